The Morgan fingerprint density at radius 3 is 2.66 bits per heavy atom. The molecule has 0 unspecified atom stereocenters. The fourth-order valence-corrected chi connectivity index (χ4v) is 5.14. The van der Waals surface area contributed by atoms with E-state index in [2.05, 4.69) is 4.98 Å². The van der Waals surface area contributed by atoms with Gasteiger partial charge in [0.25, 0.3) is 5.56 Å². The second-order valence-corrected chi connectivity index (χ2v) is 9.75. The number of aromatic nitrogens is 3. The van der Waals surface area contributed by atoms with Crippen molar-refractivity contribution in [3.8, 4) is 22.9 Å². The highest BCUT2D eigenvalue weighted by atomic mass is 35.5. The smallest absolute Gasteiger partial charge is 0.338 e. The Bertz CT molecular complexity index is 1490. The summed E-state index contributed by atoms with van der Waals surface area (Å²) >= 11 is 12.1. The van der Waals surface area contributed by atoms with Gasteiger partial charge in [0.15, 0.2) is 0 Å². The van der Waals surface area contributed by atoms with Gasteiger partial charge in [-0.1, -0.05) is 29.3 Å². The molecule has 1 saturated carbocycles. The fourth-order valence-electron chi connectivity index (χ4n) is 4.79. The molecule has 2 aromatic heterocycles. The predicted octanol–water partition coefficient (Wildman–Crippen LogP) is 3.38. The Balaban J connectivity index is 1.82. The van der Waals surface area contributed by atoms with Crippen LogP contribution >= 0.6 is 23.2 Å². The number of halogens is 3. The SMILES string of the molecule is N#CCn1c(N2CC[C@@](O)(C3CC3)C2)c(-c2ccc(F)c(Cl)c2)c(=O)n(-c2cncc(Cl)c2)c1=O. The lowest BCUT2D eigenvalue weighted by molar-refractivity contribution is 0.0400. The zero-order valence-corrected chi connectivity index (χ0v) is 19.9. The predicted molar refractivity (Wildman–Crippen MR) is 130 cm³/mol. The van der Waals surface area contributed by atoms with E-state index in [-0.39, 0.29) is 51.7 Å². The third-order valence-corrected chi connectivity index (χ3v) is 7.12. The molecule has 180 valence electrons. The van der Waals surface area contributed by atoms with E-state index in [4.69, 9.17) is 23.2 Å². The minimum atomic E-state index is -0.947. The Hall–Kier alpha value is -3.19. The lowest BCUT2D eigenvalue weighted by Crippen LogP contribution is -2.44. The van der Waals surface area contributed by atoms with Gasteiger partial charge in [-0.2, -0.15) is 5.26 Å². The fraction of sp³-hybridized carbons (Fsp3) is 0.333. The van der Waals surface area contributed by atoms with Crippen molar-refractivity contribution in [2.45, 2.75) is 31.4 Å². The van der Waals surface area contributed by atoms with Crippen LogP contribution in [0.1, 0.15) is 19.3 Å². The molecule has 1 aliphatic carbocycles. The van der Waals surface area contributed by atoms with Crippen molar-refractivity contribution in [3.63, 3.8) is 0 Å². The van der Waals surface area contributed by atoms with Gasteiger partial charge in [-0.25, -0.2) is 13.8 Å². The number of hydrogen-bond acceptors (Lipinski definition) is 6. The minimum Gasteiger partial charge on any atom is -0.388 e. The molecular formula is C24H20Cl2FN5O3. The third-order valence-electron chi connectivity index (χ3n) is 6.62. The van der Waals surface area contributed by atoms with Crippen LogP contribution in [0, 0.1) is 23.1 Å². The van der Waals surface area contributed by atoms with Crippen molar-refractivity contribution in [3.05, 3.63) is 73.4 Å². The van der Waals surface area contributed by atoms with Crippen LogP contribution in [0.25, 0.3) is 16.8 Å². The lowest BCUT2D eigenvalue weighted by atomic mass is 9.97. The molecule has 1 aromatic carbocycles. The molecule has 1 saturated heterocycles. The number of hydrogen-bond donors (Lipinski definition) is 1. The van der Waals surface area contributed by atoms with Crippen LogP contribution < -0.4 is 16.1 Å². The van der Waals surface area contributed by atoms with Crippen LogP contribution in [0.2, 0.25) is 10.0 Å². The molecule has 1 N–H and O–H groups in total. The van der Waals surface area contributed by atoms with E-state index in [1.807, 2.05) is 6.07 Å². The first-order valence-electron chi connectivity index (χ1n) is 11.0. The summed E-state index contributed by atoms with van der Waals surface area (Å²) < 4.78 is 16.1. The summed E-state index contributed by atoms with van der Waals surface area (Å²) in [4.78, 5) is 33.2. The number of benzene rings is 1. The van der Waals surface area contributed by atoms with E-state index in [0.717, 1.165) is 23.5 Å². The summed E-state index contributed by atoms with van der Waals surface area (Å²) in [5, 5.41) is 20.7. The second-order valence-electron chi connectivity index (χ2n) is 8.91. The van der Waals surface area contributed by atoms with Gasteiger partial charge in [-0.05, 0) is 48.9 Å². The maximum absolute atomic E-state index is 14.0. The van der Waals surface area contributed by atoms with Crippen LogP contribution in [0.15, 0.2) is 46.2 Å². The number of rotatable bonds is 5. The highest BCUT2D eigenvalue weighted by molar-refractivity contribution is 6.31. The average Bonchev–Trinajstić information content (AvgIpc) is 3.61. The molecule has 0 amide bonds. The van der Waals surface area contributed by atoms with E-state index >= 15 is 0 Å². The standard InChI is InChI=1S/C24H20Cl2FN5O3/c25-16-10-17(12-29-11-16)32-22(33)20(14-1-4-19(27)18(26)9-14)21(31(8-6-28)23(32)34)30-7-5-24(35,13-30)15-2-3-15/h1,4,9-12,15,35H,2-3,5,7-8,13H2/t24-/m0/s1. The molecule has 5 rings (SSSR count). The molecule has 3 heterocycles. The molecule has 1 aliphatic heterocycles. The van der Waals surface area contributed by atoms with Gasteiger partial charge in [-0.15, -0.1) is 0 Å². The molecule has 0 radical (unpaired) electrons. The highest BCUT2D eigenvalue weighted by Crippen LogP contribution is 2.46. The average molecular weight is 516 g/mol. The van der Waals surface area contributed by atoms with E-state index in [1.165, 1.54) is 35.2 Å². The van der Waals surface area contributed by atoms with Crippen molar-refractivity contribution >= 4 is 29.0 Å². The number of pyridine rings is 1. The molecule has 11 heteroatoms. The summed E-state index contributed by atoms with van der Waals surface area (Å²) in [6, 6.07) is 7.24. The highest BCUT2D eigenvalue weighted by Gasteiger charge is 2.49. The quantitative estimate of drug-likeness (QED) is 0.558. The van der Waals surface area contributed by atoms with Gasteiger partial charge in [0, 0.05) is 19.3 Å². The molecule has 2 fully saturated rings. The normalized spacial score (nSPS) is 19.7. The van der Waals surface area contributed by atoms with Crippen LogP contribution in [0.4, 0.5) is 10.2 Å². The molecule has 35 heavy (non-hydrogen) atoms. The van der Waals surface area contributed by atoms with Crippen molar-refractivity contribution in [1.82, 2.24) is 14.1 Å². The van der Waals surface area contributed by atoms with Gasteiger partial charge < -0.3 is 10.0 Å². The van der Waals surface area contributed by atoms with E-state index in [1.54, 1.807) is 4.90 Å². The third kappa shape index (κ3) is 4.12. The largest absolute Gasteiger partial charge is 0.388 e. The van der Waals surface area contributed by atoms with Crippen molar-refractivity contribution < 1.29 is 9.50 Å². The van der Waals surface area contributed by atoms with Gasteiger partial charge in [0.1, 0.15) is 18.2 Å². The summed E-state index contributed by atoms with van der Waals surface area (Å²) in [7, 11) is 0. The lowest BCUT2D eigenvalue weighted by Gasteiger charge is -2.28. The zero-order chi connectivity index (χ0) is 24.9. The number of aliphatic hydroxyl groups is 1. The van der Waals surface area contributed by atoms with Crippen molar-refractivity contribution in [2.24, 2.45) is 5.92 Å². The Labute approximate surface area is 209 Å². The molecule has 0 spiro atoms. The van der Waals surface area contributed by atoms with Gasteiger partial charge in [0.2, 0.25) is 0 Å². The van der Waals surface area contributed by atoms with Crippen LogP contribution in [-0.4, -0.2) is 37.9 Å². The summed E-state index contributed by atoms with van der Waals surface area (Å²) in [5.74, 6) is -0.316. The molecule has 8 nitrogen and oxygen atoms in total. The summed E-state index contributed by atoms with van der Waals surface area (Å²) in [6.45, 7) is 0.220. The Morgan fingerprint density at radius 1 is 1.23 bits per heavy atom. The second kappa shape index (κ2) is 8.79. The first-order chi connectivity index (χ1) is 16.7. The maximum atomic E-state index is 14.0. The Kier molecular flexibility index (Phi) is 5.91. The molecule has 3 aromatic rings. The van der Waals surface area contributed by atoms with E-state index < -0.39 is 22.7 Å². The van der Waals surface area contributed by atoms with E-state index in [0.29, 0.717) is 13.0 Å². The van der Waals surface area contributed by atoms with Crippen LogP contribution in [0.5, 0.6) is 0 Å². The van der Waals surface area contributed by atoms with Crippen molar-refractivity contribution in [2.75, 3.05) is 18.0 Å². The van der Waals surface area contributed by atoms with Gasteiger partial charge in [0.05, 0.1) is 39.2 Å². The van der Waals surface area contributed by atoms with E-state index in [9.17, 15) is 24.3 Å². The summed E-state index contributed by atoms with van der Waals surface area (Å²) in [5.41, 5.74) is -1.95. The van der Waals surface area contributed by atoms with Gasteiger partial charge >= 0.3 is 5.69 Å². The number of nitriles is 1. The molecule has 2 aliphatic rings. The number of anilines is 1. The van der Waals surface area contributed by atoms with Crippen LogP contribution in [-0.2, 0) is 6.54 Å². The molecule has 0 bridgehead atoms. The monoisotopic (exact) mass is 515 g/mol. The number of β-amino-alcohol motifs (C(OH)–C–C–N with tert-alkyl or cyclic N) is 1. The first-order valence-corrected chi connectivity index (χ1v) is 11.8. The molecular weight excluding hydrogens is 496 g/mol. The zero-order valence-electron chi connectivity index (χ0n) is 18.4. The first kappa shape index (κ1) is 23.5. The minimum absolute atomic E-state index is 0.0572. The maximum Gasteiger partial charge on any atom is 0.338 e. The van der Waals surface area contributed by atoms with Gasteiger partial charge in [-0.3, -0.25) is 14.3 Å². The van der Waals surface area contributed by atoms with Crippen LogP contribution in [0.3, 0.4) is 0 Å². The topological polar surface area (TPSA) is 104 Å². The Morgan fingerprint density at radius 2 is 2.00 bits per heavy atom. The number of nitrogens with zero attached hydrogens (tertiary/aromatic N) is 5. The van der Waals surface area contributed by atoms with Crippen molar-refractivity contribution in [1.29, 1.82) is 5.26 Å². The summed E-state index contributed by atoms with van der Waals surface area (Å²) in [6.07, 6.45) is 4.97. The molecule has 1 atom stereocenters.